The van der Waals surface area contributed by atoms with Gasteiger partial charge in [-0.3, -0.25) is 4.79 Å². The Morgan fingerprint density at radius 1 is 1.04 bits per heavy atom. The first-order valence-electron chi connectivity index (χ1n) is 8.43. The number of amides is 1. The van der Waals surface area contributed by atoms with Crippen LogP contribution < -0.4 is 4.74 Å². The third-order valence-electron chi connectivity index (χ3n) is 4.24. The summed E-state index contributed by atoms with van der Waals surface area (Å²) in [6, 6.07) is 16.8. The van der Waals surface area contributed by atoms with E-state index < -0.39 is 0 Å². The van der Waals surface area contributed by atoms with Crippen LogP contribution in [-0.2, 0) is 11.3 Å². The van der Waals surface area contributed by atoms with Gasteiger partial charge in [0.15, 0.2) is 6.29 Å². The van der Waals surface area contributed by atoms with Crippen LogP contribution in [0.4, 0.5) is 4.79 Å². The molecule has 1 saturated heterocycles. The number of hydrogen-bond donors (Lipinski definition) is 0. The molecule has 130 valence electrons. The van der Waals surface area contributed by atoms with Crippen molar-refractivity contribution in [1.82, 2.24) is 4.90 Å². The van der Waals surface area contributed by atoms with Crippen molar-refractivity contribution in [1.29, 1.82) is 0 Å². The number of likely N-dealkylation sites (tertiary alicyclic amines) is 1. The Kier molecular flexibility index (Phi) is 5.67. The Labute approximate surface area is 147 Å². The van der Waals surface area contributed by atoms with E-state index >= 15 is 0 Å². The zero-order valence-corrected chi connectivity index (χ0v) is 14.0. The molecule has 0 aromatic heterocycles. The molecule has 25 heavy (non-hydrogen) atoms. The van der Waals surface area contributed by atoms with E-state index in [-0.39, 0.29) is 18.8 Å². The van der Waals surface area contributed by atoms with Crippen LogP contribution in [0.15, 0.2) is 54.6 Å². The molecule has 0 spiro atoms. The van der Waals surface area contributed by atoms with Crippen LogP contribution in [0.5, 0.6) is 5.75 Å². The van der Waals surface area contributed by atoms with Gasteiger partial charge in [-0.1, -0.05) is 42.5 Å². The molecule has 0 unspecified atom stereocenters. The molecule has 1 aliphatic rings. The summed E-state index contributed by atoms with van der Waals surface area (Å²) in [5.74, 6) is 0.600. The van der Waals surface area contributed by atoms with Gasteiger partial charge in [-0.25, -0.2) is 4.79 Å². The van der Waals surface area contributed by atoms with Crippen LogP contribution in [-0.4, -0.2) is 36.5 Å². The van der Waals surface area contributed by atoms with Crippen LogP contribution in [0.1, 0.15) is 28.8 Å². The van der Waals surface area contributed by atoms with Crippen molar-refractivity contribution >= 4 is 12.4 Å². The summed E-state index contributed by atoms with van der Waals surface area (Å²) in [7, 11) is 0. The standard InChI is InChI=1S/C20H21NO4/c22-14-17-8-4-5-9-19(17)25-18-10-12-21(13-11-18)20(23)24-15-16-6-2-1-3-7-16/h1-9,14,18H,10-13,15H2. The van der Waals surface area contributed by atoms with Gasteiger partial charge in [0.25, 0.3) is 0 Å². The van der Waals surface area contributed by atoms with Gasteiger partial charge >= 0.3 is 6.09 Å². The first kappa shape index (κ1) is 17.0. The van der Waals surface area contributed by atoms with E-state index in [1.807, 2.05) is 42.5 Å². The van der Waals surface area contributed by atoms with Crippen LogP contribution in [0.2, 0.25) is 0 Å². The second-order valence-corrected chi connectivity index (χ2v) is 6.00. The number of aldehydes is 1. The van der Waals surface area contributed by atoms with Crippen molar-refractivity contribution in [3.05, 3.63) is 65.7 Å². The van der Waals surface area contributed by atoms with Gasteiger partial charge in [-0.15, -0.1) is 0 Å². The summed E-state index contributed by atoms with van der Waals surface area (Å²) < 4.78 is 11.3. The van der Waals surface area contributed by atoms with E-state index in [2.05, 4.69) is 0 Å². The van der Waals surface area contributed by atoms with E-state index in [9.17, 15) is 9.59 Å². The SMILES string of the molecule is O=Cc1ccccc1OC1CCN(C(=O)OCc2ccccc2)CC1. The highest BCUT2D eigenvalue weighted by Gasteiger charge is 2.25. The summed E-state index contributed by atoms with van der Waals surface area (Å²) in [6.07, 6.45) is 1.93. The Morgan fingerprint density at radius 2 is 1.72 bits per heavy atom. The minimum absolute atomic E-state index is 0.000673. The van der Waals surface area contributed by atoms with Gasteiger partial charge in [-0.2, -0.15) is 0 Å². The maximum Gasteiger partial charge on any atom is 0.410 e. The molecule has 2 aromatic carbocycles. The molecule has 5 heteroatoms. The van der Waals surface area contributed by atoms with Crippen LogP contribution >= 0.6 is 0 Å². The van der Waals surface area contributed by atoms with E-state index in [1.165, 1.54) is 0 Å². The predicted octanol–water partition coefficient (Wildman–Crippen LogP) is 3.68. The molecular formula is C20H21NO4. The third kappa shape index (κ3) is 4.59. The summed E-state index contributed by atoms with van der Waals surface area (Å²) in [6.45, 7) is 1.45. The van der Waals surface area contributed by atoms with Crippen molar-refractivity contribution in [3.8, 4) is 5.75 Å². The lowest BCUT2D eigenvalue weighted by atomic mass is 10.1. The smallest absolute Gasteiger partial charge is 0.410 e. The molecule has 0 bridgehead atoms. The topological polar surface area (TPSA) is 55.8 Å². The van der Waals surface area contributed by atoms with Gasteiger partial charge in [0.1, 0.15) is 18.5 Å². The fraction of sp³-hybridized carbons (Fsp3) is 0.300. The maximum absolute atomic E-state index is 12.2. The number of rotatable bonds is 5. The fourth-order valence-electron chi connectivity index (χ4n) is 2.83. The Bertz CT molecular complexity index is 709. The molecule has 1 heterocycles. The number of carbonyl (C=O) groups is 2. The summed E-state index contributed by atoms with van der Waals surface area (Å²) in [5.41, 5.74) is 1.52. The fourth-order valence-corrected chi connectivity index (χ4v) is 2.83. The predicted molar refractivity (Wildman–Crippen MR) is 93.7 cm³/mol. The van der Waals surface area contributed by atoms with Crippen LogP contribution in [0, 0.1) is 0 Å². The van der Waals surface area contributed by atoms with Crippen molar-refractivity contribution in [2.45, 2.75) is 25.6 Å². The second kappa shape index (κ2) is 8.33. The molecule has 0 atom stereocenters. The largest absolute Gasteiger partial charge is 0.490 e. The van der Waals surface area contributed by atoms with Crippen molar-refractivity contribution < 1.29 is 19.1 Å². The highest BCUT2D eigenvalue weighted by atomic mass is 16.6. The highest BCUT2D eigenvalue weighted by molar-refractivity contribution is 5.79. The molecule has 1 fully saturated rings. The molecule has 2 aromatic rings. The van der Waals surface area contributed by atoms with Crippen molar-refractivity contribution in [2.75, 3.05) is 13.1 Å². The summed E-state index contributed by atoms with van der Waals surface area (Å²) in [5, 5.41) is 0. The lowest BCUT2D eigenvalue weighted by molar-refractivity contribution is 0.0636. The zero-order chi connectivity index (χ0) is 17.5. The highest BCUT2D eigenvalue weighted by Crippen LogP contribution is 2.22. The van der Waals surface area contributed by atoms with Gasteiger partial charge < -0.3 is 14.4 Å². The van der Waals surface area contributed by atoms with E-state index in [1.54, 1.807) is 17.0 Å². The second-order valence-electron chi connectivity index (χ2n) is 6.00. The lowest BCUT2D eigenvalue weighted by Crippen LogP contribution is -2.42. The number of carbonyl (C=O) groups excluding carboxylic acids is 2. The van der Waals surface area contributed by atoms with E-state index in [0.29, 0.717) is 37.2 Å². The molecule has 1 amide bonds. The first-order chi connectivity index (χ1) is 12.3. The first-order valence-corrected chi connectivity index (χ1v) is 8.43. The minimum atomic E-state index is -0.296. The molecule has 3 rings (SSSR count). The van der Waals surface area contributed by atoms with Gasteiger partial charge in [0.05, 0.1) is 5.56 Å². The quantitative estimate of drug-likeness (QED) is 0.780. The molecule has 0 saturated carbocycles. The summed E-state index contributed by atoms with van der Waals surface area (Å²) in [4.78, 5) is 24.9. The minimum Gasteiger partial charge on any atom is -0.490 e. The number of benzene rings is 2. The number of nitrogens with zero attached hydrogens (tertiary/aromatic N) is 1. The molecule has 1 aliphatic heterocycles. The van der Waals surface area contributed by atoms with Crippen LogP contribution in [0.25, 0.3) is 0 Å². The third-order valence-corrected chi connectivity index (χ3v) is 4.24. The lowest BCUT2D eigenvalue weighted by Gasteiger charge is -2.31. The molecule has 0 radical (unpaired) electrons. The summed E-state index contributed by atoms with van der Waals surface area (Å²) >= 11 is 0. The molecule has 0 aliphatic carbocycles. The Morgan fingerprint density at radius 3 is 2.44 bits per heavy atom. The van der Waals surface area contributed by atoms with Crippen molar-refractivity contribution in [2.24, 2.45) is 0 Å². The maximum atomic E-state index is 12.2. The molecular weight excluding hydrogens is 318 g/mol. The average molecular weight is 339 g/mol. The van der Waals surface area contributed by atoms with E-state index in [0.717, 1.165) is 11.8 Å². The van der Waals surface area contributed by atoms with E-state index in [4.69, 9.17) is 9.47 Å². The molecule has 0 N–H and O–H groups in total. The zero-order valence-electron chi connectivity index (χ0n) is 14.0. The Hall–Kier alpha value is -2.82. The Balaban J connectivity index is 1.46. The van der Waals surface area contributed by atoms with Gasteiger partial charge in [0, 0.05) is 25.9 Å². The average Bonchev–Trinajstić information content (AvgIpc) is 2.68. The number of piperidine rings is 1. The van der Waals surface area contributed by atoms with Gasteiger partial charge in [-0.05, 0) is 17.7 Å². The van der Waals surface area contributed by atoms with Crippen molar-refractivity contribution in [3.63, 3.8) is 0 Å². The van der Waals surface area contributed by atoms with Gasteiger partial charge in [0.2, 0.25) is 0 Å². The molecule has 5 nitrogen and oxygen atoms in total. The monoisotopic (exact) mass is 339 g/mol. The normalized spacial score (nSPS) is 14.8. The number of ether oxygens (including phenoxy) is 2. The number of para-hydroxylation sites is 1. The van der Waals surface area contributed by atoms with Crippen LogP contribution in [0.3, 0.4) is 0 Å². The number of hydrogen-bond acceptors (Lipinski definition) is 4.